The molecule has 0 aliphatic heterocycles. The standard InChI is InChI=1S/C10H7Cl5O3/c11-5-6(12)8(14)10(9(15)7(5)13)18-3-1-2-4(16)17/h1-3H2,(H,16,17). The average molecular weight is 352 g/mol. The summed E-state index contributed by atoms with van der Waals surface area (Å²) in [5.41, 5.74) is 0. The van der Waals surface area contributed by atoms with Gasteiger partial charge in [0.2, 0.25) is 0 Å². The van der Waals surface area contributed by atoms with E-state index in [4.69, 9.17) is 67.8 Å². The van der Waals surface area contributed by atoms with Crippen molar-refractivity contribution < 1.29 is 14.6 Å². The van der Waals surface area contributed by atoms with Crippen LogP contribution in [0, 0.1) is 0 Å². The highest BCUT2D eigenvalue weighted by Crippen LogP contribution is 2.48. The quantitative estimate of drug-likeness (QED) is 0.450. The van der Waals surface area contributed by atoms with E-state index in [1.807, 2.05) is 0 Å². The van der Waals surface area contributed by atoms with Gasteiger partial charge in [-0.1, -0.05) is 58.0 Å². The number of carboxylic acid groups (broad SMARTS) is 1. The van der Waals surface area contributed by atoms with E-state index >= 15 is 0 Å². The summed E-state index contributed by atoms with van der Waals surface area (Å²) in [7, 11) is 0. The molecular formula is C10H7Cl5O3. The molecular weight excluding hydrogens is 345 g/mol. The van der Waals surface area contributed by atoms with E-state index in [2.05, 4.69) is 0 Å². The fraction of sp³-hybridized carbons (Fsp3) is 0.300. The van der Waals surface area contributed by atoms with E-state index in [1.165, 1.54) is 0 Å². The van der Waals surface area contributed by atoms with Crippen LogP contribution in [0.5, 0.6) is 5.75 Å². The molecule has 0 heterocycles. The summed E-state index contributed by atoms with van der Waals surface area (Å²) in [6.45, 7) is 0.125. The fourth-order valence-electron chi connectivity index (χ4n) is 1.11. The number of aliphatic carboxylic acids is 1. The van der Waals surface area contributed by atoms with E-state index in [-0.39, 0.29) is 43.9 Å². The topological polar surface area (TPSA) is 46.5 Å². The first-order valence-corrected chi connectivity index (χ1v) is 6.61. The Balaban J connectivity index is 2.86. The molecule has 3 nitrogen and oxygen atoms in total. The van der Waals surface area contributed by atoms with Gasteiger partial charge in [0.05, 0.1) is 21.7 Å². The van der Waals surface area contributed by atoms with Gasteiger partial charge in [-0.05, 0) is 6.42 Å². The van der Waals surface area contributed by atoms with Crippen molar-refractivity contribution in [3.8, 4) is 5.75 Å². The second kappa shape index (κ2) is 6.92. The van der Waals surface area contributed by atoms with Gasteiger partial charge in [0.1, 0.15) is 10.0 Å². The summed E-state index contributed by atoms with van der Waals surface area (Å²) in [5.74, 6) is -0.814. The molecule has 18 heavy (non-hydrogen) atoms. The van der Waals surface area contributed by atoms with Crippen LogP contribution in [0.2, 0.25) is 25.1 Å². The second-order valence-corrected chi connectivity index (χ2v) is 5.13. The molecule has 0 amide bonds. The molecule has 1 aromatic carbocycles. The molecule has 1 N–H and O–H groups in total. The third kappa shape index (κ3) is 3.72. The third-order valence-corrected chi connectivity index (χ3v) is 4.19. The molecule has 1 rings (SSSR count). The highest BCUT2D eigenvalue weighted by Gasteiger charge is 2.20. The number of hydrogen-bond acceptors (Lipinski definition) is 2. The lowest BCUT2D eigenvalue weighted by atomic mass is 10.3. The largest absolute Gasteiger partial charge is 0.490 e. The van der Waals surface area contributed by atoms with E-state index < -0.39 is 5.97 Å². The molecule has 0 fully saturated rings. The van der Waals surface area contributed by atoms with Crippen molar-refractivity contribution in [1.29, 1.82) is 0 Å². The van der Waals surface area contributed by atoms with Crippen LogP contribution in [0.25, 0.3) is 0 Å². The molecule has 0 unspecified atom stereocenters. The van der Waals surface area contributed by atoms with Crippen LogP contribution in [0.4, 0.5) is 0 Å². The summed E-state index contributed by atoms with van der Waals surface area (Å²) >= 11 is 29.3. The number of ether oxygens (including phenoxy) is 1. The van der Waals surface area contributed by atoms with Crippen molar-refractivity contribution in [3.63, 3.8) is 0 Å². The lowest BCUT2D eigenvalue weighted by Gasteiger charge is -2.13. The van der Waals surface area contributed by atoms with Crippen LogP contribution in [-0.4, -0.2) is 17.7 Å². The van der Waals surface area contributed by atoms with E-state index in [1.54, 1.807) is 0 Å². The van der Waals surface area contributed by atoms with Crippen molar-refractivity contribution in [2.75, 3.05) is 6.61 Å². The first-order valence-electron chi connectivity index (χ1n) is 4.72. The smallest absolute Gasteiger partial charge is 0.303 e. The fourth-order valence-corrected chi connectivity index (χ4v) is 2.34. The molecule has 0 atom stereocenters. The zero-order valence-corrected chi connectivity index (χ0v) is 12.6. The van der Waals surface area contributed by atoms with Crippen LogP contribution in [0.15, 0.2) is 0 Å². The van der Waals surface area contributed by atoms with Gasteiger partial charge in [-0.2, -0.15) is 0 Å². The monoisotopic (exact) mass is 350 g/mol. The van der Waals surface area contributed by atoms with Gasteiger partial charge < -0.3 is 9.84 Å². The van der Waals surface area contributed by atoms with E-state index in [9.17, 15) is 4.79 Å². The summed E-state index contributed by atoms with van der Waals surface area (Å²) < 4.78 is 5.28. The molecule has 8 heteroatoms. The first kappa shape index (κ1) is 16.0. The summed E-state index contributed by atoms with van der Waals surface area (Å²) in [4.78, 5) is 10.3. The molecule has 100 valence electrons. The van der Waals surface area contributed by atoms with Gasteiger partial charge in [-0.15, -0.1) is 0 Å². The van der Waals surface area contributed by atoms with Gasteiger partial charge in [0.25, 0.3) is 0 Å². The Morgan fingerprint density at radius 2 is 1.39 bits per heavy atom. The van der Waals surface area contributed by atoms with Crippen LogP contribution < -0.4 is 4.74 Å². The summed E-state index contributed by atoms with van der Waals surface area (Å²) in [6.07, 6.45) is 0.282. The van der Waals surface area contributed by atoms with Crippen LogP contribution >= 0.6 is 58.0 Å². The van der Waals surface area contributed by atoms with Gasteiger partial charge in [0.15, 0.2) is 5.75 Å². The molecule has 0 aromatic heterocycles. The Hall–Kier alpha value is -0.0600. The first-order chi connectivity index (χ1) is 8.36. The molecule has 0 aliphatic carbocycles. The Labute approximate surface area is 128 Å². The lowest BCUT2D eigenvalue weighted by molar-refractivity contribution is -0.137. The zero-order valence-electron chi connectivity index (χ0n) is 8.77. The summed E-state index contributed by atoms with van der Waals surface area (Å²) in [5, 5.41) is 8.70. The van der Waals surface area contributed by atoms with Gasteiger partial charge in [-0.25, -0.2) is 0 Å². The molecule has 1 aromatic rings. The average Bonchev–Trinajstić information content (AvgIpc) is 2.32. The number of carboxylic acids is 1. The lowest BCUT2D eigenvalue weighted by Crippen LogP contribution is -2.03. The molecule has 0 spiro atoms. The van der Waals surface area contributed by atoms with Gasteiger partial charge >= 0.3 is 5.97 Å². The maximum atomic E-state index is 10.3. The normalized spacial score (nSPS) is 10.5. The number of halogens is 5. The van der Waals surface area contributed by atoms with Gasteiger partial charge in [-0.3, -0.25) is 4.79 Å². The minimum atomic E-state index is -0.914. The minimum absolute atomic E-state index is 0.0235. The van der Waals surface area contributed by atoms with Crippen molar-refractivity contribution in [1.82, 2.24) is 0 Å². The molecule has 0 bridgehead atoms. The third-order valence-electron chi connectivity index (χ3n) is 1.95. The number of rotatable bonds is 5. The second-order valence-electron chi connectivity index (χ2n) is 3.24. The Bertz CT molecular complexity index is 446. The highest BCUT2D eigenvalue weighted by atomic mass is 35.5. The Morgan fingerprint density at radius 3 is 1.83 bits per heavy atom. The van der Waals surface area contributed by atoms with Crippen molar-refractivity contribution in [2.24, 2.45) is 0 Å². The predicted octanol–water partition coefficient (Wildman–Crippen LogP) is 5.20. The van der Waals surface area contributed by atoms with Crippen LogP contribution in [0.3, 0.4) is 0 Å². The Kier molecular flexibility index (Phi) is 6.15. The number of carbonyl (C=O) groups is 1. The minimum Gasteiger partial charge on any atom is -0.490 e. The van der Waals surface area contributed by atoms with E-state index in [0.717, 1.165) is 0 Å². The van der Waals surface area contributed by atoms with Gasteiger partial charge in [0, 0.05) is 6.42 Å². The molecule has 0 radical (unpaired) electrons. The maximum absolute atomic E-state index is 10.3. The zero-order chi connectivity index (χ0) is 13.9. The number of benzene rings is 1. The molecule has 0 aliphatic rings. The van der Waals surface area contributed by atoms with Crippen LogP contribution in [-0.2, 0) is 4.79 Å². The van der Waals surface area contributed by atoms with Crippen molar-refractivity contribution >= 4 is 64.0 Å². The van der Waals surface area contributed by atoms with Crippen molar-refractivity contribution in [3.05, 3.63) is 25.1 Å². The maximum Gasteiger partial charge on any atom is 0.303 e. The summed E-state index contributed by atoms with van der Waals surface area (Å²) in [6, 6.07) is 0. The predicted molar refractivity (Wildman–Crippen MR) is 73.9 cm³/mol. The Morgan fingerprint density at radius 1 is 0.944 bits per heavy atom. The van der Waals surface area contributed by atoms with Crippen LogP contribution in [0.1, 0.15) is 12.8 Å². The van der Waals surface area contributed by atoms with E-state index in [0.29, 0.717) is 6.42 Å². The number of hydrogen-bond donors (Lipinski definition) is 1. The molecule has 0 saturated heterocycles. The SMILES string of the molecule is O=C(O)CCCOc1c(Cl)c(Cl)c(Cl)c(Cl)c1Cl. The molecule has 0 saturated carbocycles. The van der Waals surface area contributed by atoms with Crippen molar-refractivity contribution in [2.45, 2.75) is 12.8 Å². The highest BCUT2D eigenvalue weighted by molar-refractivity contribution is 6.55.